The molecule has 0 saturated heterocycles. The number of hydrogen-bond acceptors (Lipinski definition) is 4. The van der Waals surface area contributed by atoms with E-state index in [4.69, 9.17) is 35.9 Å². The van der Waals surface area contributed by atoms with Gasteiger partial charge in [0.1, 0.15) is 0 Å². The van der Waals surface area contributed by atoms with E-state index in [9.17, 15) is 22.0 Å². The third-order valence-corrected chi connectivity index (χ3v) is 4.43. The molecule has 0 aliphatic rings. The summed E-state index contributed by atoms with van der Waals surface area (Å²) in [4.78, 5) is 12.1. The standard InChI is InChI=1S/C13H12B4F2O5S/c14-2-7-1-8(10(4-16)11(5-17)9(7)3-15)12(20)24-6-13(18,19)25(21,22)23/h1H,2-6H2,(H,21,22,23). The smallest absolute Gasteiger partial charge is 0.402 e. The Morgan fingerprint density at radius 1 is 1.04 bits per heavy atom. The number of rotatable bonds is 8. The number of esters is 1. The molecule has 12 heteroatoms. The van der Waals surface area contributed by atoms with Crippen LogP contribution in [0.25, 0.3) is 0 Å². The van der Waals surface area contributed by atoms with Crippen LogP contribution in [0.3, 0.4) is 0 Å². The van der Waals surface area contributed by atoms with Gasteiger partial charge < -0.3 is 4.74 Å². The molecule has 5 nitrogen and oxygen atoms in total. The molecule has 25 heavy (non-hydrogen) atoms. The molecular formula is C13H12B4F2O5S. The maximum absolute atomic E-state index is 13.2. The number of halogens is 2. The molecule has 0 heterocycles. The Morgan fingerprint density at radius 3 is 1.96 bits per heavy atom. The molecule has 0 saturated carbocycles. The van der Waals surface area contributed by atoms with Crippen LogP contribution in [0.4, 0.5) is 8.78 Å². The molecule has 0 unspecified atom stereocenters. The Labute approximate surface area is 150 Å². The van der Waals surface area contributed by atoms with E-state index in [1.54, 1.807) is 0 Å². The van der Waals surface area contributed by atoms with Crippen molar-refractivity contribution in [2.24, 2.45) is 0 Å². The van der Waals surface area contributed by atoms with Crippen LogP contribution in [0.5, 0.6) is 0 Å². The molecule has 8 radical (unpaired) electrons. The first-order valence-corrected chi connectivity index (χ1v) is 8.46. The zero-order chi connectivity index (χ0) is 19.4. The van der Waals surface area contributed by atoms with Crippen LogP contribution in [0.1, 0.15) is 32.6 Å². The molecule has 0 aliphatic carbocycles. The van der Waals surface area contributed by atoms with Crippen molar-refractivity contribution >= 4 is 47.5 Å². The normalized spacial score (nSPS) is 12.1. The second kappa shape index (κ2) is 8.40. The number of ether oxygens (including phenoxy) is 1. The Morgan fingerprint density at radius 2 is 1.56 bits per heavy atom. The monoisotopic (exact) mass is 362 g/mol. The van der Waals surface area contributed by atoms with Gasteiger partial charge in [-0.3, -0.25) is 4.55 Å². The molecule has 0 aliphatic heterocycles. The van der Waals surface area contributed by atoms with Crippen LogP contribution in [-0.2, 0) is 40.1 Å². The van der Waals surface area contributed by atoms with Crippen LogP contribution >= 0.6 is 0 Å². The summed E-state index contributed by atoms with van der Waals surface area (Å²) in [5.41, 5.74) is 1.55. The molecular weight excluding hydrogens is 349 g/mol. The first-order valence-electron chi connectivity index (χ1n) is 7.02. The molecule has 1 aromatic carbocycles. The zero-order valence-corrected chi connectivity index (χ0v) is 14.0. The molecule has 1 rings (SSSR count). The van der Waals surface area contributed by atoms with E-state index in [2.05, 4.69) is 4.74 Å². The second-order valence-electron chi connectivity index (χ2n) is 5.02. The lowest BCUT2D eigenvalue weighted by atomic mass is 9.74. The highest BCUT2D eigenvalue weighted by Crippen LogP contribution is 2.26. The highest BCUT2D eigenvalue weighted by Gasteiger charge is 2.45. The predicted octanol–water partition coefficient (Wildman–Crippen LogP) is -0.00200. The fourth-order valence-electron chi connectivity index (χ4n) is 2.29. The summed E-state index contributed by atoms with van der Waals surface area (Å²) < 4.78 is 60.3. The van der Waals surface area contributed by atoms with E-state index >= 15 is 0 Å². The first kappa shape index (κ1) is 21.8. The summed E-state index contributed by atoms with van der Waals surface area (Å²) >= 11 is 0. The summed E-state index contributed by atoms with van der Waals surface area (Å²) in [5, 5.41) is -4.64. The average molecular weight is 362 g/mol. The van der Waals surface area contributed by atoms with Gasteiger partial charge >= 0.3 is 21.3 Å². The number of benzene rings is 1. The second-order valence-corrected chi connectivity index (χ2v) is 6.57. The first-order chi connectivity index (χ1) is 11.5. The molecule has 0 aromatic heterocycles. The van der Waals surface area contributed by atoms with Gasteiger partial charge in [0.05, 0.1) is 36.9 Å². The van der Waals surface area contributed by atoms with E-state index in [1.165, 1.54) is 6.07 Å². The van der Waals surface area contributed by atoms with Crippen LogP contribution in [-0.4, -0.2) is 62.2 Å². The maximum atomic E-state index is 13.2. The van der Waals surface area contributed by atoms with Gasteiger partial charge in [-0.05, 0) is 11.6 Å². The van der Waals surface area contributed by atoms with Crippen LogP contribution in [0.15, 0.2) is 6.07 Å². The largest absolute Gasteiger partial charge is 0.454 e. The summed E-state index contributed by atoms with van der Waals surface area (Å²) in [6, 6.07) is 1.29. The van der Waals surface area contributed by atoms with Gasteiger partial charge in [0, 0.05) is 0 Å². The highest BCUT2D eigenvalue weighted by molar-refractivity contribution is 7.86. The summed E-state index contributed by atoms with van der Waals surface area (Å²) in [6.07, 6.45) is -0.133. The third-order valence-electron chi connectivity index (χ3n) is 3.56. The lowest BCUT2D eigenvalue weighted by molar-refractivity contribution is -0.00957. The number of carbonyl (C=O) groups excluding carboxylic acids is 1. The minimum absolute atomic E-state index is 0.00809. The van der Waals surface area contributed by atoms with Crippen molar-refractivity contribution in [2.45, 2.75) is 30.5 Å². The number of hydrogen-bond donors (Lipinski definition) is 1. The van der Waals surface area contributed by atoms with Crippen molar-refractivity contribution in [3.63, 3.8) is 0 Å². The van der Waals surface area contributed by atoms with Crippen molar-refractivity contribution in [3.05, 3.63) is 33.9 Å². The highest BCUT2D eigenvalue weighted by atomic mass is 32.2. The lowest BCUT2D eigenvalue weighted by Crippen LogP contribution is -2.34. The Balaban J connectivity index is 3.30. The molecule has 0 fully saturated rings. The van der Waals surface area contributed by atoms with Gasteiger partial charge in [-0.1, -0.05) is 42.0 Å². The Hall–Kier alpha value is -1.28. The van der Waals surface area contributed by atoms with E-state index in [1.807, 2.05) is 0 Å². The summed E-state index contributed by atoms with van der Waals surface area (Å²) in [5.74, 6) is -1.25. The maximum Gasteiger partial charge on any atom is 0.402 e. The Bertz CT molecular complexity index is 755. The summed E-state index contributed by atoms with van der Waals surface area (Å²) in [6.45, 7) is -1.86. The number of alkyl halides is 2. The topological polar surface area (TPSA) is 80.7 Å². The van der Waals surface area contributed by atoms with Crippen molar-refractivity contribution in [1.29, 1.82) is 0 Å². The molecule has 1 N–H and O–H groups in total. The van der Waals surface area contributed by atoms with Crippen LogP contribution in [0, 0.1) is 0 Å². The van der Waals surface area contributed by atoms with Crippen molar-refractivity contribution in [3.8, 4) is 0 Å². The summed E-state index contributed by atoms with van der Waals surface area (Å²) in [7, 11) is 16.8. The molecule has 126 valence electrons. The van der Waals surface area contributed by atoms with Crippen LogP contribution < -0.4 is 0 Å². The van der Waals surface area contributed by atoms with Crippen molar-refractivity contribution in [2.75, 3.05) is 6.61 Å². The van der Waals surface area contributed by atoms with Gasteiger partial charge in [-0.15, -0.1) is 0 Å². The van der Waals surface area contributed by atoms with Gasteiger partial charge in [-0.25, -0.2) is 4.79 Å². The van der Waals surface area contributed by atoms with E-state index < -0.39 is 27.9 Å². The average Bonchev–Trinajstić information content (AvgIpc) is 2.56. The van der Waals surface area contributed by atoms with Crippen molar-refractivity contribution < 1.29 is 31.3 Å². The zero-order valence-electron chi connectivity index (χ0n) is 13.2. The number of carbonyl (C=O) groups is 1. The van der Waals surface area contributed by atoms with E-state index in [0.29, 0.717) is 16.7 Å². The van der Waals surface area contributed by atoms with Gasteiger partial charge in [0.2, 0.25) is 0 Å². The fraction of sp³-hybridized carbons (Fsp3) is 0.462. The SMILES string of the molecule is [B]Cc1cc(C(=O)OCC(F)(F)S(=O)(=O)O)c(C[B])c(C[B])c1C[B]. The molecule has 0 spiro atoms. The molecule has 0 amide bonds. The quantitative estimate of drug-likeness (QED) is 0.400. The fourth-order valence-corrected chi connectivity index (χ4v) is 2.49. The minimum Gasteiger partial charge on any atom is -0.454 e. The van der Waals surface area contributed by atoms with E-state index in [-0.39, 0.29) is 36.4 Å². The predicted molar refractivity (Wildman–Crippen MR) is 91.1 cm³/mol. The lowest BCUT2D eigenvalue weighted by Gasteiger charge is -2.21. The third kappa shape index (κ3) is 4.67. The van der Waals surface area contributed by atoms with Gasteiger partial charge in [0.15, 0.2) is 6.61 Å². The van der Waals surface area contributed by atoms with Gasteiger partial charge in [-0.2, -0.15) is 17.2 Å². The van der Waals surface area contributed by atoms with Gasteiger partial charge in [0.25, 0.3) is 0 Å². The minimum atomic E-state index is -5.72. The Kier molecular flexibility index (Phi) is 7.31. The van der Waals surface area contributed by atoms with Crippen molar-refractivity contribution in [1.82, 2.24) is 0 Å². The molecule has 0 bridgehead atoms. The van der Waals surface area contributed by atoms with Crippen LogP contribution in [0.2, 0.25) is 0 Å². The van der Waals surface area contributed by atoms with E-state index in [0.717, 1.165) is 0 Å². The molecule has 0 atom stereocenters. The molecule has 1 aromatic rings.